The van der Waals surface area contributed by atoms with Crippen molar-refractivity contribution in [3.8, 4) is 0 Å². The number of carbonyl (C=O) groups excluding carboxylic acids is 1. The Morgan fingerprint density at radius 2 is 2.13 bits per heavy atom. The van der Waals surface area contributed by atoms with Crippen LogP contribution in [0.2, 0.25) is 0 Å². The number of thioether (sulfide) groups is 1. The highest BCUT2D eigenvalue weighted by Crippen LogP contribution is 2.18. The lowest BCUT2D eigenvalue weighted by Gasteiger charge is -2.28. The number of nitrogens with one attached hydrogen (secondary N) is 1. The quantitative estimate of drug-likeness (QED) is 0.770. The summed E-state index contributed by atoms with van der Waals surface area (Å²) in [5.41, 5.74) is 5.28. The average Bonchev–Trinajstić information content (AvgIpc) is 2.19. The summed E-state index contributed by atoms with van der Waals surface area (Å²) in [6, 6.07) is 0.346. The van der Waals surface area contributed by atoms with Gasteiger partial charge in [-0.3, -0.25) is 4.79 Å². The molecular formula is C11H22N2OS. The van der Waals surface area contributed by atoms with Crippen LogP contribution in [0.5, 0.6) is 0 Å². The van der Waals surface area contributed by atoms with Gasteiger partial charge in [0.1, 0.15) is 0 Å². The zero-order valence-corrected chi connectivity index (χ0v) is 10.5. The van der Waals surface area contributed by atoms with Gasteiger partial charge in [0.15, 0.2) is 0 Å². The molecule has 0 aromatic carbocycles. The summed E-state index contributed by atoms with van der Waals surface area (Å²) in [4.78, 5) is 11.9. The molecular weight excluding hydrogens is 208 g/mol. The van der Waals surface area contributed by atoms with E-state index in [0.717, 1.165) is 37.2 Å². The molecule has 15 heavy (non-hydrogen) atoms. The maximum Gasteiger partial charge on any atom is 0.240 e. The van der Waals surface area contributed by atoms with Crippen molar-refractivity contribution < 1.29 is 4.79 Å². The van der Waals surface area contributed by atoms with Crippen molar-refractivity contribution in [1.29, 1.82) is 0 Å². The summed E-state index contributed by atoms with van der Waals surface area (Å²) < 4.78 is 0. The van der Waals surface area contributed by atoms with Gasteiger partial charge < -0.3 is 11.1 Å². The third-order valence-corrected chi connectivity index (χ3v) is 3.89. The van der Waals surface area contributed by atoms with Crippen LogP contribution < -0.4 is 11.1 Å². The van der Waals surface area contributed by atoms with E-state index in [0.29, 0.717) is 6.04 Å². The molecule has 3 N–H and O–H groups in total. The molecule has 1 aliphatic rings. The second-order valence-electron chi connectivity index (χ2n) is 4.53. The minimum atomic E-state index is -0.695. The van der Waals surface area contributed by atoms with E-state index < -0.39 is 5.54 Å². The van der Waals surface area contributed by atoms with E-state index in [1.807, 2.05) is 18.7 Å². The van der Waals surface area contributed by atoms with Gasteiger partial charge in [-0.25, -0.2) is 0 Å². The number of rotatable bonds is 4. The Labute approximate surface area is 96.6 Å². The van der Waals surface area contributed by atoms with E-state index in [9.17, 15) is 4.79 Å². The summed E-state index contributed by atoms with van der Waals surface area (Å²) in [6.45, 7) is 3.87. The highest BCUT2D eigenvalue weighted by Gasteiger charge is 2.29. The molecule has 0 radical (unpaired) electrons. The third kappa shape index (κ3) is 4.03. The van der Waals surface area contributed by atoms with Crippen LogP contribution in [0.15, 0.2) is 0 Å². The zero-order valence-electron chi connectivity index (χ0n) is 9.71. The van der Waals surface area contributed by atoms with Gasteiger partial charge in [0.25, 0.3) is 0 Å². The largest absolute Gasteiger partial charge is 0.352 e. The van der Waals surface area contributed by atoms with Crippen LogP contribution in [0.25, 0.3) is 0 Å². The van der Waals surface area contributed by atoms with Crippen LogP contribution in [0, 0.1) is 0 Å². The predicted octanol–water partition coefficient (Wildman–Crippen LogP) is 1.52. The van der Waals surface area contributed by atoms with Crippen molar-refractivity contribution in [3.63, 3.8) is 0 Å². The van der Waals surface area contributed by atoms with E-state index in [4.69, 9.17) is 5.73 Å². The molecule has 0 aromatic rings. The minimum Gasteiger partial charge on any atom is -0.352 e. The van der Waals surface area contributed by atoms with Gasteiger partial charge in [0, 0.05) is 6.04 Å². The fraction of sp³-hybridized carbons (Fsp3) is 0.909. The molecule has 1 atom stereocenters. The van der Waals surface area contributed by atoms with E-state index in [2.05, 4.69) is 12.2 Å². The first-order valence-corrected chi connectivity index (χ1v) is 6.89. The van der Waals surface area contributed by atoms with Crippen molar-refractivity contribution in [2.75, 3.05) is 11.5 Å². The zero-order chi connectivity index (χ0) is 11.3. The van der Waals surface area contributed by atoms with Gasteiger partial charge in [0.05, 0.1) is 5.54 Å². The molecule has 0 spiro atoms. The van der Waals surface area contributed by atoms with Gasteiger partial charge in [-0.2, -0.15) is 11.8 Å². The van der Waals surface area contributed by atoms with E-state index in [1.54, 1.807) is 0 Å². The van der Waals surface area contributed by atoms with Crippen LogP contribution in [0.4, 0.5) is 0 Å². The Kier molecular flexibility index (Phi) is 4.93. The van der Waals surface area contributed by atoms with Gasteiger partial charge in [-0.15, -0.1) is 0 Å². The Morgan fingerprint density at radius 3 is 2.67 bits per heavy atom. The van der Waals surface area contributed by atoms with Gasteiger partial charge in [-0.1, -0.05) is 13.3 Å². The van der Waals surface area contributed by atoms with E-state index in [-0.39, 0.29) is 5.91 Å². The molecule has 88 valence electrons. The van der Waals surface area contributed by atoms with Crippen molar-refractivity contribution >= 4 is 17.7 Å². The number of nitrogens with two attached hydrogens (primary N) is 1. The predicted molar refractivity (Wildman–Crippen MR) is 66.0 cm³/mol. The first-order chi connectivity index (χ1) is 7.06. The van der Waals surface area contributed by atoms with Crippen LogP contribution in [0.3, 0.4) is 0 Å². The second kappa shape index (κ2) is 5.75. The molecule has 1 saturated heterocycles. The van der Waals surface area contributed by atoms with Gasteiger partial charge in [-0.05, 0) is 37.7 Å². The Hall–Kier alpha value is -0.220. The summed E-state index contributed by atoms with van der Waals surface area (Å²) in [5, 5.41) is 3.07. The normalized spacial score (nSPS) is 22.1. The highest BCUT2D eigenvalue weighted by molar-refractivity contribution is 7.99. The number of hydrogen-bond acceptors (Lipinski definition) is 3. The van der Waals surface area contributed by atoms with E-state index in [1.165, 1.54) is 0 Å². The minimum absolute atomic E-state index is 0.0150. The molecule has 1 amide bonds. The Balaban J connectivity index is 2.39. The van der Waals surface area contributed by atoms with Crippen molar-refractivity contribution in [3.05, 3.63) is 0 Å². The summed E-state index contributed by atoms with van der Waals surface area (Å²) in [6.07, 6.45) is 3.86. The summed E-state index contributed by atoms with van der Waals surface area (Å²) in [5.74, 6) is 2.32. The molecule has 0 aliphatic carbocycles. The van der Waals surface area contributed by atoms with Crippen LogP contribution >= 0.6 is 11.8 Å². The molecule has 1 unspecified atom stereocenters. The highest BCUT2D eigenvalue weighted by atomic mass is 32.2. The fourth-order valence-electron chi connectivity index (χ4n) is 1.83. The molecule has 1 heterocycles. The molecule has 1 aliphatic heterocycles. The monoisotopic (exact) mass is 230 g/mol. The number of carbonyl (C=O) groups is 1. The molecule has 0 aromatic heterocycles. The third-order valence-electron chi connectivity index (χ3n) is 2.84. The average molecular weight is 230 g/mol. The molecule has 1 fully saturated rings. The van der Waals surface area contributed by atoms with Crippen LogP contribution in [-0.2, 0) is 4.79 Å². The molecule has 4 heteroatoms. The Bertz CT molecular complexity index is 213. The molecule has 1 rings (SSSR count). The standard InChI is InChI=1S/C11H22N2OS/c1-3-6-11(2,12)10(14)13-9-4-7-15-8-5-9/h9H,3-8,12H2,1-2H3,(H,13,14). The lowest BCUT2D eigenvalue weighted by molar-refractivity contribution is -0.126. The molecule has 3 nitrogen and oxygen atoms in total. The SMILES string of the molecule is CCCC(C)(N)C(=O)NC1CCSCC1. The van der Waals surface area contributed by atoms with Crippen LogP contribution in [-0.4, -0.2) is 29.0 Å². The second-order valence-corrected chi connectivity index (χ2v) is 5.75. The van der Waals surface area contributed by atoms with E-state index >= 15 is 0 Å². The first-order valence-electron chi connectivity index (χ1n) is 5.74. The van der Waals surface area contributed by atoms with Crippen molar-refractivity contribution in [2.24, 2.45) is 5.73 Å². The van der Waals surface area contributed by atoms with Gasteiger partial charge >= 0.3 is 0 Å². The molecule has 0 bridgehead atoms. The fourth-order valence-corrected chi connectivity index (χ4v) is 2.93. The van der Waals surface area contributed by atoms with Crippen molar-refractivity contribution in [1.82, 2.24) is 5.32 Å². The maximum absolute atomic E-state index is 11.9. The topological polar surface area (TPSA) is 55.1 Å². The Morgan fingerprint density at radius 1 is 1.53 bits per heavy atom. The molecule has 0 saturated carbocycles. The smallest absolute Gasteiger partial charge is 0.240 e. The summed E-state index contributed by atoms with van der Waals surface area (Å²) in [7, 11) is 0. The maximum atomic E-state index is 11.9. The van der Waals surface area contributed by atoms with Crippen LogP contribution in [0.1, 0.15) is 39.5 Å². The lowest BCUT2D eigenvalue weighted by atomic mass is 9.95. The number of hydrogen-bond donors (Lipinski definition) is 2. The van der Waals surface area contributed by atoms with Crippen molar-refractivity contribution in [2.45, 2.75) is 51.1 Å². The lowest BCUT2D eigenvalue weighted by Crippen LogP contribution is -2.54. The summed E-state index contributed by atoms with van der Waals surface area (Å²) >= 11 is 1.96. The number of amides is 1. The first kappa shape index (κ1) is 12.8. The van der Waals surface area contributed by atoms with Gasteiger partial charge in [0.2, 0.25) is 5.91 Å².